The number of hydrogen-bond donors (Lipinski definition) is 2. The van der Waals surface area contributed by atoms with Gasteiger partial charge >= 0.3 is 0 Å². The molecule has 1 aromatic heterocycles. The fourth-order valence-electron chi connectivity index (χ4n) is 0.278. The summed E-state index contributed by atoms with van der Waals surface area (Å²) in [4.78, 5) is 2.86. The van der Waals surface area contributed by atoms with E-state index in [-0.39, 0.29) is 0 Å². The summed E-state index contributed by atoms with van der Waals surface area (Å²) >= 11 is 0. The average Bonchev–Trinajstić information content (AvgIpc) is 2.17. The van der Waals surface area contributed by atoms with Crippen molar-refractivity contribution in [2.75, 3.05) is 14.1 Å². The molecular formula is C6H12N2. The Balaban J connectivity index is 0.000000145. The lowest BCUT2D eigenvalue weighted by molar-refractivity contribution is 1.02. The van der Waals surface area contributed by atoms with Crippen LogP contribution in [0.1, 0.15) is 0 Å². The van der Waals surface area contributed by atoms with E-state index in [2.05, 4.69) is 10.3 Å². The summed E-state index contributed by atoms with van der Waals surface area (Å²) < 4.78 is 0. The molecule has 46 valence electrons. The summed E-state index contributed by atoms with van der Waals surface area (Å²) in [6.07, 6.45) is 3.75. The molecule has 0 spiro atoms. The van der Waals surface area contributed by atoms with Crippen molar-refractivity contribution < 1.29 is 0 Å². The molecule has 0 aliphatic carbocycles. The predicted octanol–water partition coefficient (Wildman–Crippen LogP) is 0.850. The van der Waals surface area contributed by atoms with Gasteiger partial charge in [0.2, 0.25) is 0 Å². The zero-order valence-electron chi connectivity index (χ0n) is 5.31. The Morgan fingerprint density at radius 1 is 1.12 bits per heavy atom. The van der Waals surface area contributed by atoms with E-state index in [0.717, 1.165) is 0 Å². The van der Waals surface area contributed by atoms with Crippen molar-refractivity contribution in [3.63, 3.8) is 0 Å². The van der Waals surface area contributed by atoms with Gasteiger partial charge in [-0.1, -0.05) is 0 Å². The lowest BCUT2D eigenvalue weighted by Gasteiger charge is -1.59. The predicted molar refractivity (Wildman–Crippen MR) is 35.8 cm³/mol. The van der Waals surface area contributed by atoms with Gasteiger partial charge in [-0.2, -0.15) is 0 Å². The minimum atomic E-state index is 1.88. The van der Waals surface area contributed by atoms with Gasteiger partial charge in [0.05, 0.1) is 0 Å². The van der Waals surface area contributed by atoms with Crippen molar-refractivity contribution in [3.05, 3.63) is 24.5 Å². The highest BCUT2D eigenvalue weighted by molar-refractivity contribution is 4.84. The lowest BCUT2D eigenvalue weighted by Crippen LogP contribution is -1.89. The summed E-state index contributed by atoms with van der Waals surface area (Å²) in [5.41, 5.74) is 0. The number of aromatic amines is 1. The number of aromatic nitrogens is 1. The number of H-pyrrole nitrogens is 1. The fraction of sp³-hybridized carbons (Fsp3) is 0.333. The molecule has 0 fully saturated rings. The Morgan fingerprint density at radius 2 is 1.50 bits per heavy atom. The Morgan fingerprint density at radius 3 is 1.62 bits per heavy atom. The number of rotatable bonds is 0. The van der Waals surface area contributed by atoms with Crippen LogP contribution in [0.5, 0.6) is 0 Å². The van der Waals surface area contributed by atoms with Crippen molar-refractivity contribution >= 4 is 0 Å². The highest BCUT2D eigenvalue weighted by atomic mass is 14.7. The van der Waals surface area contributed by atoms with Crippen LogP contribution in [0.25, 0.3) is 0 Å². The molecule has 1 rings (SSSR count). The second-order valence-electron chi connectivity index (χ2n) is 1.38. The molecule has 0 aliphatic heterocycles. The molecule has 0 radical (unpaired) electrons. The average molecular weight is 112 g/mol. The van der Waals surface area contributed by atoms with Crippen LogP contribution in [0.3, 0.4) is 0 Å². The maximum atomic E-state index is 2.86. The maximum absolute atomic E-state index is 2.86. The van der Waals surface area contributed by atoms with Gasteiger partial charge in [-0.3, -0.25) is 0 Å². The molecule has 8 heavy (non-hydrogen) atoms. The first-order valence-electron chi connectivity index (χ1n) is 2.58. The molecule has 0 aromatic carbocycles. The Hall–Kier alpha value is -0.760. The smallest absolute Gasteiger partial charge is 0.000496 e. The van der Waals surface area contributed by atoms with Gasteiger partial charge in [0.15, 0.2) is 0 Å². The molecule has 1 aromatic rings. The van der Waals surface area contributed by atoms with Gasteiger partial charge in [0.25, 0.3) is 0 Å². The summed E-state index contributed by atoms with van der Waals surface area (Å²) in [5.74, 6) is 0. The molecule has 2 nitrogen and oxygen atoms in total. The quantitative estimate of drug-likeness (QED) is 0.511. The molecule has 0 saturated heterocycles. The zero-order valence-corrected chi connectivity index (χ0v) is 5.31. The second kappa shape index (κ2) is 6.24. The van der Waals surface area contributed by atoms with Crippen molar-refractivity contribution in [2.24, 2.45) is 0 Å². The summed E-state index contributed by atoms with van der Waals surface area (Å²) in [6.45, 7) is 0. The van der Waals surface area contributed by atoms with Crippen LogP contribution in [0.15, 0.2) is 24.5 Å². The van der Waals surface area contributed by atoms with Gasteiger partial charge in [-0.05, 0) is 26.2 Å². The molecule has 2 heteroatoms. The summed E-state index contributed by atoms with van der Waals surface area (Å²) in [6, 6.07) is 3.89. The maximum Gasteiger partial charge on any atom is 0.000496 e. The van der Waals surface area contributed by atoms with Gasteiger partial charge in [-0.15, -0.1) is 0 Å². The van der Waals surface area contributed by atoms with Crippen LogP contribution in [-0.4, -0.2) is 19.1 Å². The van der Waals surface area contributed by atoms with Gasteiger partial charge in [0, 0.05) is 12.4 Å². The molecule has 0 saturated carbocycles. The molecule has 0 bridgehead atoms. The molecule has 0 aliphatic rings. The van der Waals surface area contributed by atoms with Crippen LogP contribution >= 0.6 is 0 Å². The third kappa shape index (κ3) is 5.24. The summed E-state index contributed by atoms with van der Waals surface area (Å²) in [7, 11) is 3.75. The van der Waals surface area contributed by atoms with Crippen LogP contribution in [0, 0.1) is 0 Å². The van der Waals surface area contributed by atoms with E-state index in [4.69, 9.17) is 0 Å². The van der Waals surface area contributed by atoms with E-state index in [1.165, 1.54) is 0 Å². The van der Waals surface area contributed by atoms with Gasteiger partial charge in [-0.25, -0.2) is 0 Å². The van der Waals surface area contributed by atoms with Crippen LogP contribution in [-0.2, 0) is 0 Å². The van der Waals surface area contributed by atoms with Crippen molar-refractivity contribution in [2.45, 2.75) is 0 Å². The fourth-order valence-corrected chi connectivity index (χ4v) is 0.278. The minimum Gasteiger partial charge on any atom is -0.368 e. The van der Waals surface area contributed by atoms with Crippen LogP contribution in [0.4, 0.5) is 0 Å². The molecule has 2 N–H and O–H groups in total. The Bertz CT molecular complexity index is 73.4. The van der Waals surface area contributed by atoms with Gasteiger partial charge < -0.3 is 10.3 Å². The van der Waals surface area contributed by atoms with Gasteiger partial charge in [0.1, 0.15) is 0 Å². The standard InChI is InChI=1S/C4H5N.C2H7N/c1-2-4-5-3-1;1-3-2/h1-5H;3H,1-2H3. The normalized spacial score (nSPS) is 7.25. The van der Waals surface area contributed by atoms with E-state index in [9.17, 15) is 0 Å². The van der Waals surface area contributed by atoms with E-state index < -0.39 is 0 Å². The van der Waals surface area contributed by atoms with E-state index in [1.54, 1.807) is 0 Å². The molecule has 0 unspecified atom stereocenters. The SMILES string of the molecule is CNC.c1cc[nH]c1. The largest absolute Gasteiger partial charge is 0.368 e. The van der Waals surface area contributed by atoms with Crippen LogP contribution in [0.2, 0.25) is 0 Å². The molecule has 0 amide bonds. The first-order chi connectivity index (χ1) is 3.91. The Kier molecular flexibility index (Phi) is 5.65. The summed E-state index contributed by atoms with van der Waals surface area (Å²) in [5, 5.41) is 2.75. The Labute approximate surface area is 49.9 Å². The molecule has 0 atom stereocenters. The number of nitrogens with one attached hydrogen (secondary N) is 2. The monoisotopic (exact) mass is 112 g/mol. The van der Waals surface area contributed by atoms with Crippen molar-refractivity contribution in [3.8, 4) is 0 Å². The third-order valence-corrected chi connectivity index (χ3v) is 0.496. The second-order valence-corrected chi connectivity index (χ2v) is 1.38. The third-order valence-electron chi connectivity index (χ3n) is 0.496. The van der Waals surface area contributed by atoms with Crippen LogP contribution < -0.4 is 5.32 Å². The molecular weight excluding hydrogens is 100 g/mol. The first-order valence-corrected chi connectivity index (χ1v) is 2.58. The van der Waals surface area contributed by atoms with E-state index in [0.29, 0.717) is 0 Å². The topological polar surface area (TPSA) is 27.8 Å². The lowest BCUT2D eigenvalue weighted by atomic mass is 10.7. The van der Waals surface area contributed by atoms with E-state index in [1.807, 2.05) is 38.6 Å². The first kappa shape index (κ1) is 7.24. The number of hydrogen-bond acceptors (Lipinski definition) is 1. The van der Waals surface area contributed by atoms with Crippen molar-refractivity contribution in [1.82, 2.24) is 10.3 Å². The highest BCUT2D eigenvalue weighted by Crippen LogP contribution is 1.72. The highest BCUT2D eigenvalue weighted by Gasteiger charge is 1.55. The minimum absolute atomic E-state index is 1.88. The van der Waals surface area contributed by atoms with E-state index >= 15 is 0 Å². The molecule has 1 heterocycles. The van der Waals surface area contributed by atoms with Crippen molar-refractivity contribution in [1.29, 1.82) is 0 Å². The zero-order chi connectivity index (χ0) is 6.24.